The van der Waals surface area contributed by atoms with Crippen LogP contribution in [0.4, 0.5) is 11.5 Å². The molecule has 2 amide bonds. The maximum atomic E-state index is 12.5. The topological polar surface area (TPSA) is 106 Å². The van der Waals surface area contributed by atoms with Crippen LogP contribution in [0.15, 0.2) is 41.4 Å². The fraction of sp³-hybridized carbons (Fsp3) is 0.235. The summed E-state index contributed by atoms with van der Waals surface area (Å²) in [6, 6.07) is 3.48. The molecule has 132 valence electrons. The number of aryl methyl sites for hydroxylation is 1. The zero-order valence-electron chi connectivity index (χ0n) is 14.0. The molecule has 0 spiro atoms. The fourth-order valence-corrected chi connectivity index (χ4v) is 2.83. The SMILES string of the molecule is Cn1cc(NC(=O)c2coc(-c3ccncc3)n2)c(N2CCCC2=O)n1. The van der Waals surface area contributed by atoms with Crippen molar-refractivity contribution in [2.45, 2.75) is 12.8 Å². The summed E-state index contributed by atoms with van der Waals surface area (Å²) in [7, 11) is 1.73. The highest BCUT2D eigenvalue weighted by Gasteiger charge is 2.27. The molecule has 1 aliphatic heterocycles. The summed E-state index contributed by atoms with van der Waals surface area (Å²) in [5.74, 6) is 0.343. The van der Waals surface area contributed by atoms with Gasteiger partial charge < -0.3 is 9.73 Å². The molecule has 3 aromatic rings. The Bertz CT molecular complexity index is 962. The maximum absolute atomic E-state index is 12.5. The molecule has 26 heavy (non-hydrogen) atoms. The van der Waals surface area contributed by atoms with Gasteiger partial charge in [-0.3, -0.25) is 24.2 Å². The second-order valence-electron chi connectivity index (χ2n) is 5.92. The lowest BCUT2D eigenvalue weighted by Crippen LogP contribution is -2.26. The van der Waals surface area contributed by atoms with Crippen LogP contribution in [0.5, 0.6) is 0 Å². The van der Waals surface area contributed by atoms with Crippen LogP contribution in [-0.4, -0.2) is 38.1 Å². The number of pyridine rings is 1. The van der Waals surface area contributed by atoms with Crippen LogP contribution >= 0.6 is 0 Å². The smallest absolute Gasteiger partial charge is 0.277 e. The van der Waals surface area contributed by atoms with Gasteiger partial charge in [-0.05, 0) is 18.6 Å². The van der Waals surface area contributed by atoms with E-state index in [1.165, 1.54) is 6.26 Å². The Morgan fingerprint density at radius 1 is 1.31 bits per heavy atom. The molecule has 1 saturated heterocycles. The standard InChI is InChI=1S/C17H16N6O3/c1-22-9-12(15(21-22)23-8-2-3-14(23)24)19-16(25)13-10-26-17(20-13)11-4-6-18-7-5-11/h4-7,9-10H,2-3,8H2,1H3,(H,19,25). The summed E-state index contributed by atoms with van der Waals surface area (Å²) in [4.78, 5) is 34.2. The number of hydrogen-bond acceptors (Lipinski definition) is 6. The van der Waals surface area contributed by atoms with E-state index >= 15 is 0 Å². The average Bonchev–Trinajstić information content (AvgIpc) is 3.36. The van der Waals surface area contributed by atoms with Gasteiger partial charge in [-0.1, -0.05) is 0 Å². The van der Waals surface area contributed by atoms with Crippen molar-refractivity contribution in [3.8, 4) is 11.5 Å². The van der Waals surface area contributed by atoms with E-state index in [1.54, 1.807) is 47.4 Å². The van der Waals surface area contributed by atoms with E-state index in [2.05, 4.69) is 20.4 Å². The number of carbonyl (C=O) groups excluding carboxylic acids is 2. The van der Waals surface area contributed by atoms with E-state index in [0.29, 0.717) is 30.4 Å². The monoisotopic (exact) mass is 352 g/mol. The summed E-state index contributed by atoms with van der Waals surface area (Å²) in [5, 5.41) is 7.06. The lowest BCUT2D eigenvalue weighted by Gasteiger charge is -2.14. The number of hydrogen-bond donors (Lipinski definition) is 1. The summed E-state index contributed by atoms with van der Waals surface area (Å²) < 4.78 is 6.93. The third-order valence-corrected chi connectivity index (χ3v) is 4.05. The van der Waals surface area contributed by atoms with E-state index in [-0.39, 0.29) is 11.6 Å². The van der Waals surface area contributed by atoms with Crippen LogP contribution < -0.4 is 10.2 Å². The molecule has 0 unspecified atom stereocenters. The van der Waals surface area contributed by atoms with E-state index in [0.717, 1.165) is 12.0 Å². The predicted octanol–water partition coefficient (Wildman–Crippen LogP) is 1.85. The number of nitrogens with one attached hydrogen (secondary N) is 1. The molecule has 4 rings (SSSR count). The van der Waals surface area contributed by atoms with Crippen molar-refractivity contribution in [1.29, 1.82) is 0 Å². The highest BCUT2D eigenvalue weighted by molar-refractivity contribution is 6.06. The third kappa shape index (κ3) is 2.94. The van der Waals surface area contributed by atoms with Gasteiger partial charge in [0, 0.05) is 38.0 Å². The van der Waals surface area contributed by atoms with Crippen LogP contribution in [0.2, 0.25) is 0 Å². The normalized spacial score (nSPS) is 14.0. The lowest BCUT2D eigenvalue weighted by molar-refractivity contribution is -0.117. The van der Waals surface area contributed by atoms with Crippen LogP contribution in [0.25, 0.3) is 11.5 Å². The molecule has 1 fully saturated rings. The van der Waals surface area contributed by atoms with Gasteiger partial charge in [-0.2, -0.15) is 5.10 Å². The second kappa shape index (κ2) is 6.43. The molecule has 0 bridgehead atoms. The number of anilines is 2. The molecule has 1 aliphatic rings. The highest BCUT2D eigenvalue weighted by atomic mass is 16.3. The molecule has 4 heterocycles. The van der Waals surface area contributed by atoms with E-state index < -0.39 is 5.91 Å². The number of rotatable bonds is 4. The van der Waals surface area contributed by atoms with Gasteiger partial charge in [0.1, 0.15) is 12.0 Å². The summed E-state index contributed by atoms with van der Waals surface area (Å²) in [6.45, 7) is 0.592. The molecule has 0 aliphatic carbocycles. The molecule has 0 aromatic carbocycles. The number of amides is 2. The van der Waals surface area contributed by atoms with E-state index in [1.807, 2.05) is 0 Å². The number of nitrogens with zero attached hydrogens (tertiary/aromatic N) is 5. The van der Waals surface area contributed by atoms with Gasteiger partial charge in [0.2, 0.25) is 11.8 Å². The van der Waals surface area contributed by atoms with Crippen LogP contribution in [0.3, 0.4) is 0 Å². The first-order valence-electron chi connectivity index (χ1n) is 8.13. The van der Waals surface area contributed by atoms with E-state index in [9.17, 15) is 9.59 Å². The number of aromatic nitrogens is 4. The summed E-state index contributed by atoms with van der Waals surface area (Å²) >= 11 is 0. The Labute approximate surface area is 148 Å². The lowest BCUT2D eigenvalue weighted by atomic mass is 10.3. The van der Waals surface area contributed by atoms with Crippen molar-refractivity contribution in [2.75, 3.05) is 16.8 Å². The van der Waals surface area contributed by atoms with Gasteiger partial charge in [-0.15, -0.1) is 0 Å². The molecular weight excluding hydrogens is 336 g/mol. The molecule has 9 nitrogen and oxygen atoms in total. The zero-order chi connectivity index (χ0) is 18.1. The molecule has 0 saturated carbocycles. The Morgan fingerprint density at radius 3 is 2.85 bits per heavy atom. The molecule has 3 aromatic heterocycles. The molecule has 1 N–H and O–H groups in total. The zero-order valence-corrected chi connectivity index (χ0v) is 14.0. The third-order valence-electron chi connectivity index (χ3n) is 4.05. The van der Waals surface area contributed by atoms with Gasteiger partial charge in [0.05, 0.1) is 6.20 Å². The van der Waals surface area contributed by atoms with Crippen molar-refractivity contribution in [2.24, 2.45) is 7.05 Å². The van der Waals surface area contributed by atoms with Gasteiger partial charge in [0.25, 0.3) is 5.91 Å². The maximum Gasteiger partial charge on any atom is 0.277 e. The van der Waals surface area contributed by atoms with E-state index in [4.69, 9.17) is 4.42 Å². The van der Waals surface area contributed by atoms with Crippen molar-refractivity contribution in [3.05, 3.63) is 42.7 Å². The molecule has 0 atom stereocenters. The fourth-order valence-electron chi connectivity index (χ4n) is 2.83. The van der Waals surface area contributed by atoms with Gasteiger partial charge >= 0.3 is 0 Å². The Morgan fingerprint density at radius 2 is 2.12 bits per heavy atom. The van der Waals surface area contributed by atoms with Crippen molar-refractivity contribution < 1.29 is 14.0 Å². The van der Waals surface area contributed by atoms with Gasteiger partial charge in [-0.25, -0.2) is 4.98 Å². The largest absolute Gasteiger partial charge is 0.444 e. The predicted molar refractivity (Wildman–Crippen MR) is 92.5 cm³/mol. The number of oxazole rings is 1. The molecule has 0 radical (unpaired) electrons. The van der Waals surface area contributed by atoms with Crippen LogP contribution in [0, 0.1) is 0 Å². The molecular formula is C17H16N6O3. The second-order valence-corrected chi connectivity index (χ2v) is 5.92. The first kappa shape index (κ1) is 16.0. The highest BCUT2D eigenvalue weighted by Crippen LogP contribution is 2.28. The average molecular weight is 352 g/mol. The van der Waals surface area contributed by atoms with Crippen LogP contribution in [0.1, 0.15) is 23.3 Å². The minimum atomic E-state index is -0.435. The van der Waals surface area contributed by atoms with Crippen LogP contribution in [-0.2, 0) is 11.8 Å². The summed E-state index contributed by atoms with van der Waals surface area (Å²) in [6.07, 6.45) is 7.46. The van der Waals surface area contributed by atoms with Crippen molar-refractivity contribution in [3.63, 3.8) is 0 Å². The minimum absolute atomic E-state index is 0.000563. The first-order valence-corrected chi connectivity index (χ1v) is 8.13. The quantitative estimate of drug-likeness (QED) is 0.768. The van der Waals surface area contributed by atoms with Gasteiger partial charge in [0.15, 0.2) is 11.5 Å². The minimum Gasteiger partial charge on any atom is -0.444 e. The first-order chi connectivity index (χ1) is 12.6. The summed E-state index contributed by atoms with van der Waals surface area (Å²) in [5.41, 5.74) is 1.32. The van der Waals surface area contributed by atoms with Crippen molar-refractivity contribution in [1.82, 2.24) is 19.7 Å². The molecule has 9 heteroatoms. The van der Waals surface area contributed by atoms with Crippen molar-refractivity contribution >= 4 is 23.3 Å². The number of carbonyl (C=O) groups is 2. The Balaban J connectivity index is 1.56. The Hall–Kier alpha value is -3.49. The Kier molecular flexibility index (Phi) is 3.96.